The number of nitrogens with one attached hydrogen (secondary N) is 1. The van der Waals surface area contributed by atoms with Gasteiger partial charge in [-0.15, -0.1) is 0 Å². The highest BCUT2D eigenvalue weighted by Crippen LogP contribution is 2.16. The quantitative estimate of drug-likeness (QED) is 0.905. The lowest BCUT2D eigenvalue weighted by atomic mass is 10.1. The largest absolute Gasteiger partial charge is 0.397 e. The third-order valence-electron chi connectivity index (χ3n) is 2.81. The Morgan fingerprint density at radius 3 is 2.60 bits per heavy atom. The average Bonchev–Trinajstić information content (AvgIpc) is 2.42. The molecule has 0 aliphatic carbocycles. The van der Waals surface area contributed by atoms with Gasteiger partial charge in [-0.25, -0.2) is 13.8 Å². The molecule has 0 bridgehead atoms. The summed E-state index contributed by atoms with van der Waals surface area (Å²) in [7, 11) is 0. The minimum atomic E-state index is -0.950. The topological polar surface area (TPSA) is 68.0 Å². The van der Waals surface area contributed by atoms with Gasteiger partial charge in [0.05, 0.1) is 17.9 Å². The summed E-state index contributed by atoms with van der Waals surface area (Å²) in [5.74, 6) is -2.29. The lowest BCUT2D eigenvalue weighted by Crippen LogP contribution is -2.27. The van der Waals surface area contributed by atoms with Crippen LogP contribution in [0.4, 0.5) is 14.5 Å². The fourth-order valence-corrected chi connectivity index (χ4v) is 1.68. The summed E-state index contributed by atoms with van der Waals surface area (Å²) in [5.41, 5.74) is 6.60. The van der Waals surface area contributed by atoms with Gasteiger partial charge in [0.1, 0.15) is 5.69 Å². The number of nitrogens with zero attached hydrogens (tertiary/aromatic N) is 1. The van der Waals surface area contributed by atoms with Gasteiger partial charge in [0.25, 0.3) is 5.91 Å². The Labute approximate surface area is 114 Å². The molecule has 0 saturated heterocycles. The molecule has 104 valence electrons. The summed E-state index contributed by atoms with van der Waals surface area (Å²) in [6, 6.07) is 6.06. The number of aromatic nitrogens is 1. The van der Waals surface area contributed by atoms with Gasteiger partial charge in [-0.2, -0.15) is 0 Å². The number of anilines is 1. The van der Waals surface area contributed by atoms with Crippen LogP contribution in [-0.4, -0.2) is 10.9 Å². The molecular weight excluding hydrogens is 264 g/mol. The Balaban J connectivity index is 2.10. The van der Waals surface area contributed by atoms with Gasteiger partial charge in [0, 0.05) is 0 Å². The number of hydrogen-bond donors (Lipinski definition) is 2. The molecular formula is C14H13F2N3O. The van der Waals surface area contributed by atoms with Crippen LogP contribution >= 0.6 is 0 Å². The molecule has 1 atom stereocenters. The van der Waals surface area contributed by atoms with Crippen molar-refractivity contribution >= 4 is 11.6 Å². The standard InChI is InChI=1S/C14H13F2N3O/c1-8(9-2-4-11(15)12(16)6-9)19-14(20)13-5-3-10(17)7-18-13/h2-8H,17H2,1H3,(H,19,20). The number of hydrogen-bond acceptors (Lipinski definition) is 3. The van der Waals surface area contributed by atoms with Crippen molar-refractivity contribution in [1.82, 2.24) is 10.3 Å². The second-order valence-corrected chi connectivity index (χ2v) is 4.35. The lowest BCUT2D eigenvalue weighted by Gasteiger charge is -2.14. The number of halogens is 2. The highest BCUT2D eigenvalue weighted by atomic mass is 19.2. The number of carbonyl (C=O) groups excluding carboxylic acids is 1. The molecule has 0 spiro atoms. The molecule has 2 aromatic rings. The maximum atomic E-state index is 13.1. The Hall–Kier alpha value is -2.50. The molecule has 0 aliphatic rings. The Bertz CT molecular complexity index is 629. The first-order valence-corrected chi connectivity index (χ1v) is 5.94. The summed E-state index contributed by atoms with van der Waals surface area (Å²) in [5, 5.41) is 2.65. The van der Waals surface area contributed by atoms with Crippen LogP contribution in [0.2, 0.25) is 0 Å². The fraction of sp³-hybridized carbons (Fsp3) is 0.143. The predicted molar refractivity (Wildman–Crippen MR) is 70.9 cm³/mol. The molecule has 0 aliphatic heterocycles. The van der Waals surface area contributed by atoms with E-state index in [0.29, 0.717) is 11.3 Å². The zero-order chi connectivity index (χ0) is 14.7. The van der Waals surface area contributed by atoms with Crippen molar-refractivity contribution in [3.05, 3.63) is 59.4 Å². The Morgan fingerprint density at radius 1 is 1.25 bits per heavy atom. The monoisotopic (exact) mass is 277 g/mol. The van der Waals surface area contributed by atoms with Gasteiger partial charge in [0.15, 0.2) is 11.6 Å². The van der Waals surface area contributed by atoms with Crippen LogP contribution in [0, 0.1) is 11.6 Å². The van der Waals surface area contributed by atoms with Crippen LogP contribution in [-0.2, 0) is 0 Å². The van der Waals surface area contributed by atoms with E-state index >= 15 is 0 Å². The van der Waals surface area contributed by atoms with Crippen molar-refractivity contribution in [1.29, 1.82) is 0 Å². The third-order valence-corrected chi connectivity index (χ3v) is 2.81. The Kier molecular flexibility index (Phi) is 3.93. The van der Waals surface area contributed by atoms with E-state index in [2.05, 4.69) is 10.3 Å². The molecule has 1 aromatic heterocycles. The highest BCUT2D eigenvalue weighted by Gasteiger charge is 2.14. The van der Waals surface area contributed by atoms with Gasteiger partial charge >= 0.3 is 0 Å². The molecule has 0 saturated carbocycles. The van der Waals surface area contributed by atoms with Crippen LogP contribution in [0.15, 0.2) is 36.5 Å². The van der Waals surface area contributed by atoms with Gasteiger partial charge in [-0.1, -0.05) is 6.07 Å². The third kappa shape index (κ3) is 3.09. The van der Waals surface area contributed by atoms with Crippen molar-refractivity contribution in [2.24, 2.45) is 0 Å². The van der Waals surface area contributed by atoms with Crippen molar-refractivity contribution in [3.63, 3.8) is 0 Å². The van der Waals surface area contributed by atoms with E-state index in [1.54, 1.807) is 13.0 Å². The molecule has 3 N–H and O–H groups in total. The van der Waals surface area contributed by atoms with Gasteiger partial charge in [-0.05, 0) is 36.8 Å². The maximum absolute atomic E-state index is 13.1. The van der Waals surface area contributed by atoms with Crippen LogP contribution < -0.4 is 11.1 Å². The van der Waals surface area contributed by atoms with Gasteiger partial charge in [-0.3, -0.25) is 4.79 Å². The first kappa shape index (κ1) is 13.9. The SMILES string of the molecule is CC(NC(=O)c1ccc(N)cn1)c1ccc(F)c(F)c1. The molecule has 1 amide bonds. The first-order chi connectivity index (χ1) is 9.47. The number of pyridine rings is 1. The number of nitrogen functional groups attached to an aromatic ring is 1. The number of nitrogens with two attached hydrogens (primary N) is 1. The first-order valence-electron chi connectivity index (χ1n) is 5.94. The second kappa shape index (κ2) is 5.64. The molecule has 0 fully saturated rings. The molecule has 2 rings (SSSR count). The zero-order valence-corrected chi connectivity index (χ0v) is 10.7. The Morgan fingerprint density at radius 2 is 2.00 bits per heavy atom. The van der Waals surface area contributed by atoms with E-state index in [1.165, 1.54) is 18.3 Å². The molecule has 0 radical (unpaired) electrons. The van der Waals surface area contributed by atoms with Crippen molar-refractivity contribution in [3.8, 4) is 0 Å². The van der Waals surface area contributed by atoms with Crippen LogP contribution in [0.25, 0.3) is 0 Å². The van der Waals surface area contributed by atoms with E-state index in [1.807, 2.05) is 0 Å². The summed E-state index contributed by atoms with van der Waals surface area (Å²) < 4.78 is 26.0. The number of carbonyl (C=O) groups is 1. The van der Waals surface area contributed by atoms with Crippen molar-refractivity contribution in [2.45, 2.75) is 13.0 Å². The molecule has 1 aromatic carbocycles. The van der Waals surface area contributed by atoms with Crippen LogP contribution in [0.5, 0.6) is 0 Å². The highest BCUT2D eigenvalue weighted by molar-refractivity contribution is 5.92. The van der Waals surface area contributed by atoms with Gasteiger partial charge in [0.2, 0.25) is 0 Å². The molecule has 1 unspecified atom stereocenters. The fourth-order valence-electron chi connectivity index (χ4n) is 1.68. The summed E-state index contributed by atoms with van der Waals surface area (Å²) >= 11 is 0. The van der Waals surface area contributed by atoms with E-state index in [0.717, 1.165) is 12.1 Å². The van der Waals surface area contributed by atoms with Crippen molar-refractivity contribution < 1.29 is 13.6 Å². The van der Waals surface area contributed by atoms with E-state index in [9.17, 15) is 13.6 Å². The van der Waals surface area contributed by atoms with E-state index in [-0.39, 0.29) is 5.69 Å². The number of rotatable bonds is 3. The second-order valence-electron chi connectivity index (χ2n) is 4.35. The van der Waals surface area contributed by atoms with Crippen LogP contribution in [0.1, 0.15) is 29.0 Å². The lowest BCUT2D eigenvalue weighted by molar-refractivity contribution is 0.0935. The number of benzene rings is 1. The van der Waals surface area contributed by atoms with Gasteiger partial charge < -0.3 is 11.1 Å². The zero-order valence-electron chi connectivity index (χ0n) is 10.7. The van der Waals surface area contributed by atoms with E-state index < -0.39 is 23.6 Å². The summed E-state index contributed by atoms with van der Waals surface area (Å²) in [6.45, 7) is 1.67. The summed E-state index contributed by atoms with van der Waals surface area (Å²) in [4.78, 5) is 15.8. The molecule has 20 heavy (non-hydrogen) atoms. The van der Waals surface area contributed by atoms with Crippen molar-refractivity contribution in [2.75, 3.05) is 5.73 Å². The summed E-state index contributed by atoms with van der Waals surface area (Å²) in [6.07, 6.45) is 1.37. The van der Waals surface area contributed by atoms with E-state index in [4.69, 9.17) is 5.73 Å². The van der Waals surface area contributed by atoms with Crippen LogP contribution in [0.3, 0.4) is 0 Å². The maximum Gasteiger partial charge on any atom is 0.270 e. The minimum absolute atomic E-state index is 0.202. The normalized spacial score (nSPS) is 11.9. The molecule has 1 heterocycles. The molecule has 4 nitrogen and oxygen atoms in total. The number of amides is 1. The molecule has 6 heteroatoms. The predicted octanol–water partition coefficient (Wildman–Crippen LogP) is 2.43. The minimum Gasteiger partial charge on any atom is -0.397 e. The average molecular weight is 277 g/mol. The smallest absolute Gasteiger partial charge is 0.270 e.